The van der Waals surface area contributed by atoms with Crippen LogP contribution in [0.4, 0.5) is 10.1 Å². The molecule has 2 N–H and O–H groups in total. The van der Waals surface area contributed by atoms with E-state index in [-0.39, 0.29) is 33.9 Å². The molecule has 0 saturated heterocycles. The molecule has 0 aromatic heterocycles. The lowest BCUT2D eigenvalue weighted by Gasteiger charge is -2.45. The summed E-state index contributed by atoms with van der Waals surface area (Å²) in [5, 5.41) is 21.6. The number of rotatable bonds is 4. The van der Waals surface area contributed by atoms with Crippen LogP contribution in [-0.4, -0.2) is 16.7 Å². The van der Waals surface area contributed by atoms with Gasteiger partial charge < -0.3 is 5.11 Å². The summed E-state index contributed by atoms with van der Waals surface area (Å²) in [5.74, 6) is -1.69. The molecule has 0 radical (unpaired) electrons. The quantitative estimate of drug-likeness (QED) is 0.335. The first-order valence-electron chi connectivity index (χ1n) is 12.8. The number of halogens is 2. The Labute approximate surface area is 227 Å². The number of allylic oxidation sites excluding steroid dienone is 2. The molecule has 1 aliphatic carbocycles. The van der Waals surface area contributed by atoms with Gasteiger partial charge in [0, 0.05) is 51.0 Å². The Morgan fingerprint density at radius 1 is 1.05 bits per heavy atom. The Bertz CT molecular complexity index is 1490. The largest absolute Gasteiger partial charge is 0.507 e. The summed E-state index contributed by atoms with van der Waals surface area (Å²) in [6.45, 7) is 6.14. The lowest BCUT2D eigenvalue weighted by atomic mass is 9.67. The van der Waals surface area contributed by atoms with Crippen LogP contribution in [0.1, 0.15) is 56.2 Å². The van der Waals surface area contributed by atoms with Gasteiger partial charge in [0.1, 0.15) is 17.4 Å². The molecule has 0 amide bonds. The smallest absolute Gasteiger partial charge is 0.162 e. The minimum absolute atomic E-state index is 0.0131. The highest BCUT2D eigenvalue weighted by molar-refractivity contribution is 6.30. The van der Waals surface area contributed by atoms with E-state index in [1.54, 1.807) is 47.4 Å². The van der Waals surface area contributed by atoms with Gasteiger partial charge in [-0.15, -0.1) is 0 Å². The van der Waals surface area contributed by atoms with Gasteiger partial charge in [0.15, 0.2) is 5.78 Å². The SMILES string of the molecule is CCc1ccc(N2C(=N)/C(=C(/O)c3ccc(Cl)cc3)C(c3ccccc3F)C3=C2CC(C)(C)CC3=O)cc1. The second-order valence-corrected chi connectivity index (χ2v) is 11.2. The summed E-state index contributed by atoms with van der Waals surface area (Å²) < 4.78 is 15.4. The van der Waals surface area contributed by atoms with Crippen LogP contribution in [0, 0.1) is 16.6 Å². The fourth-order valence-corrected chi connectivity index (χ4v) is 5.69. The molecule has 1 atom stereocenters. The first-order chi connectivity index (χ1) is 18.1. The van der Waals surface area contributed by atoms with E-state index in [1.165, 1.54) is 6.07 Å². The van der Waals surface area contributed by atoms with E-state index in [0.717, 1.165) is 17.7 Å². The van der Waals surface area contributed by atoms with Crippen LogP contribution < -0.4 is 4.90 Å². The standard InChI is InChI=1S/C32H30ClFN2O2/c1-4-19-9-15-22(16-10-19)36-25-17-32(2,3)18-26(37)28(25)27(23-7-5-6-8-24(23)34)29(31(36)35)30(38)20-11-13-21(33)14-12-20/h5-16,27,35,38H,4,17-18H2,1-3H3/b30-29+,35-31?. The van der Waals surface area contributed by atoms with E-state index in [2.05, 4.69) is 6.92 Å². The van der Waals surface area contributed by atoms with Crippen LogP contribution >= 0.6 is 11.6 Å². The maximum absolute atomic E-state index is 15.4. The Morgan fingerprint density at radius 3 is 2.34 bits per heavy atom. The minimum atomic E-state index is -0.927. The average Bonchev–Trinajstić information content (AvgIpc) is 2.88. The van der Waals surface area contributed by atoms with Crippen molar-refractivity contribution < 1.29 is 14.3 Å². The van der Waals surface area contributed by atoms with Gasteiger partial charge >= 0.3 is 0 Å². The molecular weight excluding hydrogens is 499 g/mol. The molecule has 38 heavy (non-hydrogen) atoms. The number of anilines is 1. The molecule has 5 rings (SSSR count). The predicted molar refractivity (Wildman–Crippen MR) is 151 cm³/mol. The van der Waals surface area contributed by atoms with Crippen molar-refractivity contribution in [1.29, 1.82) is 5.41 Å². The van der Waals surface area contributed by atoms with Crippen molar-refractivity contribution in [2.75, 3.05) is 4.90 Å². The second kappa shape index (κ2) is 9.88. The van der Waals surface area contributed by atoms with Crippen molar-refractivity contribution in [2.45, 2.75) is 46.0 Å². The Morgan fingerprint density at radius 2 is 1.71 bits per heavy atom. The average molecular weight is 529 g/mol. The molecular formula is C32H30ClFN2O2. The topological polar surface area (TPSA) is 64.4 Å². The van der Waals surface area contributed by atoms with Crippen LogP contribution in [0.25, 0.3) is 5.76 Å². The number of hydrogen-bond acceptors (Lipinski definition) is 3. The van der Waals surface area contributed by atoms with Gasteiger partial charge in [0.25, 0.3) is 0 Å². The zero-order valence-corrected chi connectivity index (χ0v) is 22.4. The van der Waals surface area contributed by atoms with Crippen molar-refractivity contribution >= 4 is 34.7 Å². The third-order valence-electron chi connectivity index (χ3n) is 7.41. The zero-order valence-electron chi connectivity index (χ0n) is 21.7. The van der Waals surface area contributed by atoms with E-state index in [0.29, 0.717) is 34.7 Å². The predicted octanol–water partition coefficient (Wildman–Crippen LogP) is 8.24. The normalized spacial score (nSPS) is 20.4. The lowest BCUT2D eigenvalue weighted by Crippen LogP contribution is -2.45. The molecule has 194 valence electrons. The van der Waals surface area contributed by atoms with Crippen LogP contribution in [0.2, 0.25) is 5.02 Å². The van der Waals surface area contributed by atoms with Gasteiger partial charge in [-0.05, 0) is 66.3 Å². The van der Waals surface area contributed by atoms with Crippen LogP contribution in [-0.2, 0) is 11.2 Å². The van der Waals surface area contributed by atoms with Crippen LogP contribution in [0.3, 0.4) is 0 Å². The zero-order chi connectivity index (χ0) is 27.2. The van der Waals surface area contributed by atoms with Gasteiger partial charge in [-0.2, -0.15) is 0 Å². The lowest BCUT2D eigenvalue weighted by molar-refractivity contribution is -0.118. The number of carbonyl (C=O) groups is 1. The summed E-state index contributed by atoms with van der Waals surface area (Å²) in [4.78, 5) is 15.6. The minimum Gasteiger partial charge on any atom is -0.507 e. The van der Waals surface area contributed by atoms with Crippen molar-refractivity contribution in [2.24, 2.45) is 5.41 Å². The molecule has 2 aliphatic rings. The number of nitrogens with zero attached hydrogens (tertiary/aromatic N) is 1. The highest BCUT2D eigenvalue weighted by Gasteiger charge is 2.47. The molecule has 0 saturated carbocycles. The number of carbonyl (C=O) groups excluding carboxylic acids is 1. The number of aliphatic hydroxyl groups is 1. The first kappa shape index (κ1) is 25.9. The van der Waals surface area contributed by atoms with E-state index in [4.69, 9.17) is 11.6 Å². The Hall–Kier alpha value is -3.70. The summed E-state index contributed by atoms with van der Waals surface area (Å²) in [6.07, 6.45) is 1.70. The van der Waals surface area contributed by atoms with Crippen LogP contribution in [0.5, 0.6) is 0 Å². The molecule has 4 nitrogen and oxygen atoms in total. The second-order valence-electron chi connectivity index (χ2n) is 10.7. The Kier molecular flexibility index (Phi) is 6.74. The van der Waals surface area contributed by atoms with Gasteiger partial charge in [-0.25, -0.2) is 4.39 Å². The number of Topliss-reactive ketones (excluding diaryl/α,β-unsaturated/α-hetero) is 1. The molecule has 0 spiro atoms. The summed E-state index contributed by atoms with van der Waals surface area (Å²) in [6, 6.07) is 20.8. The third-order valence-corrected chi connectivity index (χ3v) is 7.67. The number of ketones is 1. The van der Waals surface area contributed by atoms with Crippen molar-refractivity contribution in [3.05, 3.63) is 117 Å². The monoisotopic (exact) mass is 528 g/mol. The van der Waals surface area contributed by atoms with Crippen molar-refractivity contribution in [3.8, 4) is 0 Å². The fourth-order valence-electron chi connectivity index (χ4n) is 5.56. The number of benzene rings is 3. The van der Waals surface area contributed by atoms with Gasteiger partial charge in [0.2, 0.25) is 0 Å². The Balaban J connectivity index is 1.85. The van der Waals surface area contributed by atoms with Crippen LogP contribution in [0.15, 0.2) is 89.6 Å². The van der Waals surface area contributed by atoms with E-state index in [1.807, 2.05) is 38.1 Å². The number of aliphatic hydroxyl groups excluding tert-OH is 1. The number of nitrogens with one attached hydrogen (secondary N) is 1. The van der Waals surface area contributed by atoms with Gasteiger partial charge in [-0.1, -0.05) is 62.7 Å². The van der Waals surface area contributed by atoms with E-state index in [9.17, 15) is 15.3 Å². The fraction of sp³-hybridized carbons (Fsp3) is 0.250. The summed E-state index contributed by atoms with van der Waals surface area (Å²) >= 11 is 6.09. The molecule has 6 heteroatoms. The molecule has 3 aromatic carbocycles. The summed E-state index contributed by atoms with van der Waals surface area (Å²) in [7, 11) is 0. The molecule has 1 heterocycles. The molecule has 3 aromatic rings. The highest BCUT2D eigenvalue weighted by Crippen LogP contribution is 2.51. The van der Waals surface area contributed by atoms with Gasteiger partial charge in [-0.3, -0.25) is 15.1 Å². The van der Waals surface area contributed by atoms with Crippen molar-refractivity contribution in [1.82, 2.24) is 0 Å². The molecule has 0 fully saturated rings. The maximum atomic E-state index is 15.4. The number of hydrogen-bond donors (Lipinski definition) is 2. The summed E-state index contributed by atoms with van der Waals surface area (Å²) in [5.41, 5.74) is 3.52. The number of amidine groups is 1. The number of aryl methyl sites for hydroxylation is 1. The van der Waals surface area contributed by atoms with Gasteiger partial charge in [0.05, 0.1) is 0 Å². The maximum Gasteiger partial charge on any atom is 0.162 e. The molecule has 1 unspecified atom stereocenters. The van der Waals surface area contributed by atoms with E-state index >= 15 is 4.39 Å². The third kappa shape index (κ3) is 4.56. The first-order valence-corrected chi connectivity index (χ1v) is 13.2. The molecule has 0 bridgehead atoms. The van der Waals surface area contributed by atoms with Crippen molar-refractivity contribution in [3.63, 3.8) is 0 Å². The molecule has 1 aliphatic heterocycles. The highest BCUT2D eigenvalue weighted by atomic mass is 35.5. The van der Waals surface area contributed by atoms with E-state index < -0.39 is 11.7 Å².